The van der Waals surface area contributed by atoms with Crippen LogP contribution in [0.4, 0.5) is 4.79 Å². The fourth-order valence-electron chi connectivity index (χ4n) is 3.89. The molecule has 0 spiro atoms. The van der Waals surface area contributed by atoms with Crippen molar-refractivity contribution in [2.24, 2.45) is 0 Å². The highest BCUT2D eigenvalue weighted by Crippen LogP contribution is 2.33. The smallest absolute Gasteiger partial charge is 0.293 e. The van der Waals surface area contributed by atoms with E-state index in [0.717, 1.165) is 42.2 Å². The van der Waals surface area contributed by atoms with Crippen LogP contribution in [0.2, 0.25) is 0 Å². The van der Waals surface area contributed by atoms with Gasteiger partial charge in [0.2, 0.25) is 5.91 Å². The predicted octanol–water partition coefficient (Wildman–Crippen LogP) is 4.26. The fraction of sp³-hybridized carbons (Fsp3) is 0.304. The fourth-order valence-corrected chi connectivity index (χ4v) is 4.76. The summed E-state index contributed by atoms with van der Waals surface area (Å²) in [6.45, 7) is 0.792. The molecule has 1 atom stereocenters. The number of rotatable bonds is 5. The van der Waals surface area contributed by atoms with Crippen LogP contribution in [0.25, 0.3) is 6.08 Å². The number of benzene rings is 1. The summed E-state index contributed by atoms with van der Waals surface area (Å²) in [7, 11) is 0. The largest absolute Gasteiger partial charge is 0.336 e. The molecule has 0 N–H and O–H groups in total. The first-order valence-corrected chi connectivity index (χ1v) is 10.9. The maximum Gasteiger partial charge on any atom is 0.293 e. The van der Waals surface area contributed by atoms with Crippen molar-refractivity contribution in [1.29, 1.82) is 0 Å². The summed E-state index contributed by atoms with van der Waals surface area (Å²) in [5.41, 5.74) is 1.90. The highest BCUT2D eigenvalue weighted by molar-refractivity contribution is 8.18. The van der Waals surface area contributed by atoms with Crippen LogP contribution in [0, 0.1) is 0 Å². The van der Waals surface area contributed by atoms with E-state index in [1.165, 1.54) is 4.90 Å². The Hall–Kier alpha value is -2.93. The Morgan fingerprint density at radius 1 is 1.13 bits per heavy atom. The second kappa shape index (κ2) is 9.26. The van der Waals surface area contributed by atoms with Gasteiger partial charge in [-0.05, 0) is 54.3 Å². The van der Waals surface area contributed by atoms with Gasteiger partial charge in [0, 0.05) is 31.9 Å². The molecule has 1 aromatic heterocycles. The minimum atomic E-state index is -0.330. The van der Waals surface area contributed by atoms with Gasteiger partial charge in [-0.15, -0.1) is 0 Å². The van der Waals surface area contributed by atoms with Crippen LogP contribution in [-0.4, -0.2) is 44.9 Å². The zero-order valence-electron chi connectivity index (χ0n) is 16.6. The van der Waals surface area contributed by atoms with Crippen molar-refractivity contribution in [2.45, 2.75) is 31.7 Å². The molecular formula is C23H23N3O3S. The summed E-state index contributed by atoms with van der Waals surface area (Å²) in [6.07, 6.45) is 8.31. The zero-order chi connectivity index (χ0) is 20.9. The minimum absolute atomic E-state index is 0.00726. The van der Waals surface area contributed by atoms with E-state index in [1.807, 2.05) is 47.4 Å². The maximum atomic E-state index is 13.0. The lowest BCUT2D eigenvalue weighted by Gasteiger charge is -2.36. The van der Waals surface area contributed by atoms with Gasteiger partial charge in [-0.1, -0.05) is 36.4 Å². The average Bonchev–Trinajstić information content (AvgIpc) is 3.05. The first-order chi connectivity index (χ1) is 14.6. The predicted molar refractivity (Wildman–Crippen MR) is 116 cm³/mol. The third kappa shape index (κ3) is 4.46. The van der Waals surface area contributed by atoms with Crippen molar-refractivity contribution in [3.8, 4) is 0 Å². The second-order valence-corrected chi connectivity index (χ2v) is 8.37. The second-order valence-electron chi connectivity index (χ2n) is 7.38. The molecule has 0 aliphatic carbocycles. The summed E-state index contributed by atoms with van der Waals surface area (Å²) >= 11 is 0.927. The van der Waals surface area contributed by atoms with Gasteiger partial charge in [-0.25, -0.2) is 0 Å². The molecular weight excluding hydrogens is 398 g/mol. The molecule has 30 heavy (non-hydrogen) atoms. The summed E-state index contributed by atoms with van der Waals surface area (Å²) in [6, 6.07) is 13.3. The van der Waals surface area contributed by atoms with Crippen molar-refractivity contribution in [1.82, 2.24) is 14.8 Å². The third-order valence-electron chi connectivity index (χ3n) is 5.41. The Kier molecular flexibility index (Phi) is 6.28. The molecule has 2 saturated heterocycles. The molecule has 7 heteroatoms. The van der Waals surface area contributed by atoms with Crippen LogP contribution < -0.4 is 0 Å². The summed E-state index contributed by atoms with van der Waals surface area (Å²) in [5.74, 6) is -0.362. The van der Waals surface area contributed by atoms with Crippen LogP contribution in [0.3, 0.4) is 0 Å². The Balaban J connectivity index is 1.41. The van der Waals surface area contributed by atoms with E-state index in [9.17, 15) is 14.4 Å². The van der Waals surface area contributed by atoms with Crippen LogP contribution in [0.15, 0.2) is 59.8 Å². The molecule has 4 rings (SSSR count). The highest BCUT2D eigenvalue weighted by atomic mass is 32.2. The van der Waals surface area contributed by atoms with Gasteiger partial charge in [-0.3, -0.25) is 24.3 Å². The first kappa shape index (κ1) is 20.3. The number of nitrogens with zero attached hydrogens (tertiary/aromatic N) is 3. The van der Waals surface area contributed by atoms with Crippen molar-refractivity contribution in [3.05, 3.63) is 70.9 Å². The Morgan fingerprint density at radius 2 is 1.97 bits per heavy atom. The van der Waals surface area contributed by atoms with Crippen molar-refractivity contribution < 1.29 is 14.4 Å². The number of carbonyl (C=O) groups excluding carboxylic acids is 3. The van der Waals surface area contributed by atoms with E-state index >= 15 is 0 Å². The number of piperidine rings is 1. The Labute approximate surface area is 180 Å². The molecule has 3 heterocycles. The number of carbonyl (C=O) groups is 3. The van der Waals surface area contributed by atoms with E-state index in [4.69, 9.17) is 0 Å². The normalized spacial score (nSPS) is 20.8. The van der Waals surface area contributed by atoms with Crippen LogP contribution >= 0.6 is 11.8 Å². The summed E-state index contributed by atoms with van der Waals surface area (Å²) in [4.78, 5) is 45.6. The third-order valence-corrected chi connectivity index (χ3v) is 6.32. The van der Waals surface area contributed by atoms with Gasteiger partial charge in [0.15, 0.2) is 0 Å². The van der Waals surface area contributed by atoms with Crippen molar-refractivity contribution in [2.75, 3.05) is 13.1 Å². The minimum Gasteiger partial charge on any atom is -0.336 e. The van der Waals surface area contributed by atoms with Crippen molar-refractivity contribution in [3.63, 3.8) is 0 Å². The molecule has 154 valence electrons. The Morgan fingerprint density at radius 3 is 2.73 bits per heavy atom. The average molecular weight is 422 g/mol. The van der Waals surface area contributed by atoms with E-state index in [0.29, 0.717) is 11.4 Å². The number of likely N-dealkylation sites (tertiary alicyclic amines) is 1. The van der Waals surface area contributed by atoms with E-state index in [2.05, 4.69) is 4.98 Å². The highest BCUT2D eigenvalue weighted by Gasteiger charge is 2.36. The van der Waals surface area contributed by atoms with Gasteiger partial charge in [0.05, 0.1) is 10.9 Å². The number of pyridine rings is 1. The lowest BCUT2D eigenvalue weighted by Crippen LogP contribution is -2.40. The topological polar surface area (TPSA) is 70.6 Å². The molecule has 3 amide bonds. The molecule has 2 fully saturated rings. The van der Waals surface area contributed by atoms with Gasteiger partial charge in [0.25, 0.3) is 11.1 Å². The molecule has 6 nitrogen and oxygen atoms in total. The van der Waals surface area contributed by atoms with Crippen molar-refractivity contribution >= 4 is 34.9 Å². The molecule has 2 aromatic rings. The molecule has 0 bridgehead atoms. The first-order valence-electron chi connectivity index (χ1n) is 10.1. The molecule has 0 unspecified atom stereocenters. The van der Waals surface area contributed by atoms with Crippen LogP contribution in [0.1, 0.15) is 42.9 Å². The van der Waals surface area contributed by atoms with Gasteiger partial charge in [-0.2, -0.15) is 0 Å². The molecule has 0 radical (unpaired) electrons. The standard InChI is InChI=1S/C23H23N3O3S/c27-21(25-13-5-4-10-19(25)18-9-6-12-24-16-18)11-14-26-22(28)20(30-23(26)29)15-17-7-2-1-3-8-17/h1-3,6-9,12,15-16,19H,4-5,10-11,13-14H2/b20-15+/t19-/m1/s1. The number of amides is 3. The quantitative estimate of drug-likeness (QED) is 0.675. The molecule has 2 aliphatic heterocycles. The maximum absolute atomic E-state index is 13.0. The van der Waals surface area contributed by atoms with Crippen LogP contribution in [-0.2, 0) is 9.59 Å². The van der Waals surface area contributed by atoms with Gasteiger partial charge >= 0.3 is 0 Å². The number of imide groups is 1. The molecule has 1 aromatic carbocycles. The number of hydrogen-bond acceptors (Lipinski definition) is 5. The number of thioether (sulfide) groups is 1. The van der Waals surface area contributed by atoms with Gasteiger partial charge < -0.3 is 4.90 Å². The number of hydrogen-bond donors (Lipinski definition) is 0. The van der Waals surface area contributed by atoms with E-state index < -0.39 is 0 Å². The number of aromatic nitrogens is 1. The summed E-state index contributed by atoms with van der Waals surface area (Å²) < 4.78 is 0. The lowest BCUT2D eigenvalue weighted by molar-refractivity contribution is -0.135. The Bertz CT molecular complexity index is 962. The van der Waals surface area contributed by atoms with E-state index in [-0.39, 0.29) is 36.1 Å². The summed E-state index contributed by atoms with van der Waals surface area (Å²) in [5, 5.41) is -0.322. The lowest BCUT2D eigenvalue weighted by atomic mass is 9.96. The van der Waals surface area contributed by atoms with Crippen LogP contribution in [0.5, 0.6) is 0 Å². The van der Waals surface area contributed by atoms with E-state index in [1.54, 1.807) is 18.5 Å². The van der Waals surface area contributed by atoms with Gasteiger partial charge in [0.1, 0.15) is 0 Å². The monoisotopic (exact) mass is 421 g/mol. The zero-order valence-corrected chi connectivity index (χ0v) is 17.4. The SMILES string of the molecule is O=C1S/C(=C/c2ccccc2)C(=O)N1CCC(=O)N1CCCC[C@@H]1c1cccnc1. The molecule has 0 saturated carbocycles. The molecule has 2 aliphatic rings.